The van der Waals surface area contributed by atoms with Crippen LogP contribution in [0, 0.1) is 5.41 Å². The summed E-state index contributed by atoms with van der Waals surface area (Å²) in [6.07, 6.45) is 0.964. The summed E-state index contributed by atoms with van der Waals surface area (Å²) in [5.74, 6) is 1.68. The largest absolute Gasteiger partial charge is 0.457 e. The topological polar surface area (TPSA) is 35.2 Å². The third-order valence-corrected chi connectivity index (χ3v) is 3.12. The highest BCUT2D eigenvalue weighted by Gasteiger charge is 2.16. The molecule has 2 N–H and O–H groups in total. The van der Waals surface area contributed by atoms with E-state index in [0.29, 0.717) is 0 Å². The van der Waals surface area contributed by atoms with Crippen molar-refractivity contribution in [1.82, 2.24) is 0 Å². The summed E-state index contributed by atoms with van der Waals surface area (Å²) in [5, 5.41) is 0. The first-order valence-corrected chi connectivity index (χ1v) is 7.02. The van der Waals surface area contributed by atoms with E-state index in [1.54, 1.807) is 0 Å². The van der Waals surface area contributed by atoms with Crippen LogP contribution in [-0.2, 0) is 0 Å². The van der Waals surface area contributed by atoms with E-state index in [1.165, 1.54) is 0 Å². The van der Waals surface area contributed by atoms with Gasteiger partial charge in [-0.1, -0.05) is 51.1 Å². The molecule has 0 heterocycles. The van der Waals surface area contributed by atoms with Crippen LogP contribution in [0.5, 0.6) is 11.5 Å². The smallest absolute Gasteiger partial charge is 0.127 e. The molecule has 1 unspecified atom stereocenters. The first-order chi connectivity index (χ1) is 9.44. The van der Waals surface area contributed by atoms with Crippen LogP contribution >= 0.6 is 0 Å². The van der Waals surface area contributed by atoms with E-state index in [0.717, 1.165) is 23.5 Å². The molecule has 0 saturated heterocycles. The van der Waals surface area contributed by atoms with Gasteiger partial charge in [-0.25, -0.2) is 0 Å². The third kappa shape index (κ3) is 4.39. The van der Waals surface area contributed by atoms with Crippen LogP contribution < -0.4 is 10.5 Å². The SMILES string of the molecule is CC(C)(C)CC(N)c1ccc(Oc2ccccc2)cc1. The Bertz CT molecular complexity index is 526. The van der Waals surface area contributed by atoms with Crippen molar-refractivity contribution in [3.8, 4) is 11.5 Å². The van der Waals surface area contributed by atoms with Crippen LogP contribution in [0.1, 0.15) is 38.8 Å². The molecule has 0 aromatic heterocycles. The summed E-state index contributed by atoms with van der Waals surface area (Å²) in [6.45, 7) is 6.62. The Kier molecular flexibility index (Phi) is 4.46. The van der Waals surface area contributed by atoms with Gasteiger partial charge in [0.15, 0.2) is 0 Å². The zero-order valence-electron chi connectivity index (χ0n) is 12.5. The Morgan fingerprint density at radius 1 is 0.900 bits per heavy atom. The van der Waals surface area contributed by atoms with Crippen molar-refractivity contribution in [3.63, 3.8) is 0 Å². The first-order valence-electron chi connectivity index (χ1n) is 7.02. The Morgan fingerprint density at radius 2 is 1.45 bits per heavy atom. The molecule has 2 nitrogen and oxygen atoms in total. The summed E-state index contributed by atoms with van der Waals surface area (Å²) < 4.78 is 5.77. The standard InChI is InChI=1S/C18H23NO/c1-18(2,3)13-17(19)14-9-11-16(12-10-14)20-15-7-5-4-6-8-15/h4-12,17H,13,19H2,1-3H3. The van der Waals surface area contributed by atoms with Gasteiger partial charge in [0.2, 0.25) is 0 Å². The molecule has 1 atom stereocenters. The summed E-state index contributed by atoms with van der Waals surface area (Å²) in [4.78, 5) is 0. The van der Waals surface area contributed by atoms with Crippen molar-refractivity contribution in [2.75, 3.05) is 0 Å². The Balaban J connectivity index is 2.03. The number of para-hydroxylation sites is 1. The van der Waals surface area contributed by atoms with E-state index in [-0.39, 0.29) is 11.5 Å². The summed E-state index contributed by atoms with van der Waals surface area (Å²) >= 11 is 0. The van der Waals surface area contributed by atoms with Gasteiger partial charge in [0.1, 0.15) is 11.5 Å². The number of benzene rings is 2. The maximum atomic E-state index is 6.24. The van der Waals surface area contributed by atoms with Crippen molar-refractivity contribution in [1.29, 1.82) is 0 Å². The molecule has 0 aliphatic rings. The van der Waals surface area contributed by atoms with Gasteiger partial charge in [-0.2, -0.15) is 0 Å². The molecule has 0 bridgehead atoms. The monoisotopic (exact) mass is 269 g/mol. The fourth-order valence-corrected chi connectivity index (χ4v) is 2.19. The van der Waals surface area contributed by atoms with E-state index in [9.17, 15) is 0 Å². The van der Waals surface area contributed by atoms with Crippen molar-refractivity contribution < 1.29 is 4.74 Å². The third-order valence-electron chi connectivity index (χ3n) is 3.12. The Morgan fingerprint density at radius 3 is 2.00 bits per heavy atom. The average molecular weight is 269 g/mol. The van der Waals surface area contributed by atoms with E-state index in [1.807, 2.05) is 42.5 Å². The van der Waals surface area contributed by atoms with Crippen molar-refractivity contribution in [3.05, 3.63) is 60.2 Å². The fourth-order valence-electron chi connectivity index (χ4n) is 2.19. The molecule has 2 rings (SSSR count). The zero-order chi connectivity index (χ0) is 14.6. The molecule has 0 aliphatic carbocycles. The molecule has 0 amide bonds. The van der Waals surface area contributed by atoms with Crippen LogP contribution in [0.2, 0.25) is 0 Å². The molecule has 2 heteroatoms. The summed E-state index contributed by atoms with van der Waals surface area (Å²) in [5.41, 5.74) is 7.63. The minimum atomic E-state index is 0.0702. The first kappa shape index (κ1) is 14.6. The highest BCUT2D eigenvalue weighted by atomic mass is 16.5. The maximum absolute atomic E-state index is 6.24. The summed E-state index contributed by atoms with van der Waals surface area (Å²) in [7, 11) is 0. The van der Waals surface area contributed by atoms with Gasteiger partial charge in [-0.05, 0) is 41.7 Å². The molecular weight excluding hydrogens is 246 g/mol. The number of hydrogen-bond donors (Lipinski definition) is 1. The lowest BCUT2D eigenvalue weighted by Crippen LogP contribution is -2.18. The molecule has 2 aromatic rings. The van der Waals surface area contributed by atoms with Crippen molar-refractivity contribution in [2.24, 2.45) is 11.1 Å². The van der Waals surface area contributed by atoms with E-state index >= 15 is 0 Å². The predicted molar refractivity (Wildman–Crippen MR) is 84.0 cm³/mol. The highest BCUT2D eigenvalue weighted by molar-refractivity contribution is 5.33. The number of hydrogen-bond acceptors (Lipinski definition) is 2. The molecule has 0 aliphatic heterocycles. The fraction of sp³-hybridized carbons (Fsp3) is 0.333. The molecule has 0 radical (unpaired) electrons. The Hall–Kier alpha value is -1.80. The van der Waals surface area contributed by atoms with Gasteiger partial charge in [0.05, 0.1) is 0 Å². The predicted octanol–water partition coefficient (Wildman–Crippen LogP) is 4.91. The van der Waals surface area contributed by atoms with Gasteiger partial charge in [0.25, 0.3) is 0 Å². The molecule has 0 saturated carbocycles. The minimum absolute atomic E-state index is 0.0702. The van der Waals surface area contributed by atoms with Crippen LogP contribution in [0.4, 0.5) is 0 Å². The van der Waals surface area contributed by atoms with Gasteiger partial charge < -0.3 is 10.5 Å². The zero-order valence-corrected chi connectivity index (χ0v) is 12.5. The molecule has 2 aromatic carbocycles. The highest BCUT2D eigenvalue weighted by Crippen LogP contribution is 2.29. The lowest BCUT2D eigenvalue weighted by atomic mass is 9.86. The van der Waals surface area contributed by atoms with E-state index in [2.05, 4.69) is 32.9 Å². The second-order valence-electron chi connectivity index (χ2n) is 6.36. The van der Waals surface area contributed by atoms with Crippen molar-refractivity contribution >= 4 is 0 Å². The molecule has 20 heavy (non-hydrogen) atoms. The number of ether oxygens (including phenoxy) is 1. The van der Waals surface area contributed by atoms with Crippen LogP contribution in [0.15, 0.2) is 54.6 Å². The van der Waals surface area contributed by atoms with Crippen LogP contribution in [-0.4, -0.2) is 0 Å². The van der Waals surface area contributed by atoms with Gasteiger partial charge in [-0.3, -0.25) is 0 Å². The van der Waals surface area contributed by atoms with Gasteiger partial charge in [-0.15, -0.1) is 0 Å². The maximum Gasteiger partial charge on any atom is 0.127 e. The quantitative estimate of drug-likeness (QED) is 0.855. The summed E-state index contributed by atoms with van der Waals surface area (Å²) in [6, 6.07) is 17.9. The lowest BCUT2D eigenvalue weighted by molar-refractivity contribution is 0.342. The van der Waals surface area contributed by atoms with E-state index in [4.69, 9.17) is 10.5 Å². The van der Waals surface area contributed by atoms with Gasteiger partial charge in [0, 0.05) is 6.04 Å². The number of nitrogens with two attached hydrogens (primary N) is 1. The van der Waals surface area contributed by atoms with E-state index < -0.39 is 0 Å². The van der Waals surface area contributed by atoms with Crippen LogP contribution in [0.25, 0.3) is 0 Å². The second kappa shape index (κ2) is 6.10. The molecule has 0 spiro atoms. The second-order valence-corrected chi connectivity index (χ2v) is 6.36. The molecule has 0 fully saturated rings. The van der Waals surface area contributed by atoms with Crippen LogP contribution in [0.3, 0.4) is 0 Å². The number of rotatable bonds is 4. The minimum Gasteiger partial charge on any atom is -0.457 e. The normalized spacial score (nSPS) is 13.0. The molecular formula is C18H23NO. The lowest BCUT2D eigenvalue weighted by Gasteiger charge is -2.23. The van der Waals surface area contributed by atoms with Crippen molar-refractivity contribution in [2.45, 2.75) is 33.2 Å². The average Bonchev–Trinajstić information content (AvgIpc) is 2.39. The van der Waals surface area contributed by atoms with Gasteiger partial charge >= 0.3 is 0 Å². The molecule has 106 valence electrons. The Labute approximate surface area is 121 Å².